The lowest BCUT2D eigenvalue weighted by Gasteiger charge is -2.26. The van der Waals surface area contributed by atoms with Crippen LogP contribution in [0.2, 0.25) is 0 Å². The summed E-state index contributed by atoms with van der Waals surface area (Å²) in [6, 6.07) is 77.8. The van der Waals surface area contributed by atoms with Gasteiger partial charge in [0, 0.05) is 61.7 Å². The lowest BCUT2D eigenvalue weighted by Crippen LogP contribution is -2.09. The molecule has 5 heteroatoms. The van der Waals surface area contributed by atoms with Crippen molar-refractivity contribution in [2.24, 2.45) is 0 Å². The molecule has 9 aromatic carbocycles. The Labute approximate surface area is 379 Å². The quantitative estimate of drug-likeness (QED) is 0.143. The zero-order chi connectivity index (χ0) is 44.3. The van der Waals surface area contributed by atoms with E-state index in [2.05, 4.69) is 222 Å². The third-order valence-electron chi connectivity index (χ3n) is 11.9. The summed E-state index contributed by atoms with van der Waals surface area (Å²) in [4.78, 5) is 4.64. The van der Waals surface area contributed by atoms with E-state index >= 15 is 0 Å². The van der Waals surface area contributed by atoms with E-state index < -0.39 is 0 Å². The molecule has 1 heterocycles. The molecule has 0 N–H and O–H groups in total. The van der Waals surface area contributed by atoms with Gasteiger partial charge in [0.05, 0.1) is 34.3 Å². The van der Waals surface area contributed by atoms with Crippen LogP contribution in [0.5, 0.6) is 0 Å². The van der Waals surface area contributed by atoms with Crippen LogP contribution in [-0.2, 0) is 0 Å². The molecule has 10 aromatic rings. The van der Waals surface area contributed by atoms with Gasteiger partial charge in [-0.25, -0.2) is 0 Å². The fourth-order valence-corrected chi connectivity index (χ4v) is 8.85. The molecule has 0 saturated heterocycles. The topological polar surface area (TPSA) is 59.0 Å². The Balaban J connectivity index is 1.10. The molecule has 10 rings (SSSR count). The summed E-state index contributed by atoms with van der Waals surface area (Å²) in [5.41, 5.74) is 16.4. The van der Waals surface area contributed by atoms with Crippen molar-refractivity contribution < 1.29 is 0 Å². The molecule has 0 amide bonds. The predicted octanol–water partition coefficient (Wildman–Crippen LogP) is 15.2. The maximum atomic E-state index is 9.73. The van der Waals surface area contributed by atoms with Crippen molar-refractivity contribution in [2.45, 2.75) is 13.8 Å². The number of rotatable bonds is 8. The number of para-hydroxylation sites is 4. The molecule has 0 aliphatic rings. The number of hydrogen-bond acceptors (Lipinski definition) is 4. The highest BCUT2D eigenvalue weighted by molar-refractivity contribution is 6.12. The van der Waals surface area contributed by atoms with Gasteiger partial charge in [-0.2, -0.15) is 10.5 Å². The second-order valence-electron chi connectivity index (χ2n) is 16.0. The molecule has 65 heavy (non-hydrogen) atoms. The van der Waals surface area contributed by atoms with Gasteiger partial charge in [-0.05, 0) is 157 Å². The monoisotopic (exact) mass is 831 g/mol. The van der Waals surface area contributed by atoms with Crippen LogP contribution >= 0.6 is 0 Å². The van der Waals surface area contributed by atoms with Crippen molar-refractivity contribution in [3.63, 3.8) is 0 Å². The lowest BCUT2D eigenvalue weighted by atomic mass is 9.97. The van der Waals surface area contributed by atoms with Crippen LogP contribution in [0.1, 0.15) is 33.4 Å². The van der Waals surface area contributed by atoms with Gasteiger partial charge in [-0.3, -0.25) is 0 Å². The van der Waals surface area contributed by atoms with E-state index in [0.717, 1.165) is 95.0 Å². The highest BCUT2D eigenvalue weighted by Crippen LogP contribution is 2.43. The Bertz CT molecular complexity index is 3270. The molecule has 0 unspecified atom stereocenters. The molecule has 5 nitrogen and oxygen atoms in total. The van der Waals surface area contributed by atoms with Gasteiger partial charge < -0.3 is 14.4 Å². The Kier molecular flexibility index (Phi) is 10.7. The van der Waals surface area contributed by atoms with E-state index in [0.29, 0.717) is 11.1 Å². The van der Waals surface area contributed by atoms with Crippen molar-refractivity contribution >= 4 is 55.9 Å². The van der Waals surface area contributed by atoms with Gasteiger partial charge in [-0.15, -0.1) is 0 Å². The number of aromatic nitrogens is 1. The highest BCUT2D eigenvalue weighted by atomic mass is 15.1. The molecule has 0 bridgehead atoms. The molecule has 0 fully saturated rings. The van der Waals surface area contributed by atoms with Crippen molar-refractivity contribution in [1.29, 1.82) is 10.5 Å². The maximum Gasteiger partial charge on any atom is 0.0998 e. The van der Waals surface area contributed by atoms with Gasteiger partial charge in [0.25, 0.3) is 0 Å². The minimum atomic E-state index is 0.467. The first-order valence-electron chi connectivity index (χ1n) is 21.5. The van der Waals surface area contributed by atoms with Crippen molar-refractivity contribution in [3.8, 4) is 40.8 Å². The van der Waals surface area contributed by atoms with Crippen LogP contribution in [0.4, 0.5) is 34.1 Å². The average molecular weight is 832 g/mol. The van der Waals surface area contributed by atoms with Gasteiger partial charge in [0.1, 0.15) is 0 Å². The SMILES string of the molecule is Cc1cc(-n2c3ccc(N(c4ccccc4)c4ccccc4)cc3c3cc(N(c4ccccc4)c4ccccc4)ccc32)cc(C)c1C#Cc1ccc(-c2ccc(C#N)cc2C#N)cc1. The van der Waals surface area contributed by atoms with Gasteiger partial charge in [0.15, 0.2) is 0 Å². The molecule has 0 aliphatic heterocycles. The number of anilines is 6. The smallest absolute Gasteiger partial charge is 0.0998 e. The molecule has 0 atom stereocenters. The summed E-state index contributed by atoms with van der Waals surface area (Å²) >= 11 is 0. The maximum absolute atomic E-state index is 9.73. The first-order valence-corrected chi connectivity index (χ1v) is 21.5. The van der Waals surface area contributed by atoms with Crippen LogP contribution in [0.15, 0.2) is 212 Å². The fourth-order valence-electron chi connectivity index (χ4n) is 8.85. The van der Waals surface area contributed by atoms with Crippen LogP contribution in [-0.4, -0.2) is 4.57 Å². The van der Waals surface area contributed by atoms with Gasteiger partial charge >= 0.3 is 0 Å². The van der Waals surface area contributed by atoms with Crippen molar-refractivity contribution in [2.75, 3.05) is 9.80 Å². The third kappa shape index (κ3) is 7.75. The van der Waals surface area contributed by atoms with E-state index in [1.54, 1.807) is 12.1 Å². The largest absolute Gasteiger partial charge is 0.310 e. The van der Waals surface area contributed by atoms with E-state index in [-0.39, 0.29) is 0 Å². The molecule has 0 saturated carbocycles. The number of nitrogens with zero attached hydrogens (tertiary/aromatic N) is 5. The highest BCUT2D eigenvalue weighted by Gasteiger charge is 2.20. The molecule has 1 aromatic heterocycles. The molecule has 0 spiro atoms. The summed E-state index contributed by atoms with van der Waals surface area (Å²) in [6.07, 6.45) is 0. The van der Waals surface area contributed by atoms with Crippen LogP contribution in [0, 0.1) is 48.4 Å². The first-order chi connectivity index (χ1) is 32.0. The van der Waals surface area contributed by atoms with Gasteiger partial charge in [0.2, 0.25) is 0 Å². The van der Waals surface area contributed by atoms with Gasteiger partial charge in [-0.1, -0.05) is 103 Å². The molecular weight excluding hydrogens is 791 g/mol. The summed E-state index contributed by atoms with van der Waals surface area (Å²) < 4.78 is 2.39. The minimum absolute atomic E-state index is 0.467. The molecular formula is C60H41N5. The lowest BCUT2D eigenvalue weighted by molar-refractivity contribution is 1.15. The molecule has 0 radical (unpaired) electrons. The molecule has 306 valence electrons. The molecule has 0 aliphatic carbocycles. The Morgan fingerprint density at radius 3 is 1.28 bits per heavy atom. The second-order valence-corrected chi connectivity index (χ2v) is 16.0. The standard InChI is InChI=1S/C60H41N5/c1-42-35-54(36-43(2)55(42)31-25-44-23-27-46(28-24-44)56-32-26-45(40-61)37-47(56)41-62)65-59-33-29-52(63(48-15-7-3-8-16-48)49-17-9-4-10-18-49)38-57(59)58-39-53(30-34-60(58)65)64(50-19-11-5-12-20-50)51-21-13-6-14-22-51/h3-24,26-30,32-39H,1-2H3. The van der Waals surface area contributed by atoms with E-state index in [4.69, 9.17) is 0 Å². The normalized spacial score (nSPS) is 10.8. The average Bonchev–Trinajstić information content (AvgIpc) is 3.68. The summed E-state index contributed by atoms with van der Waals surface area (Å²) in [6.45, 7) is 4.27. The van der Waals surface area contributed by atoms with Crippen LogP contribution < -0.4 is 9.80 Å². The number of benzene rings is 9. The van der Waals surface area contributed by atoms with Crippen molar-refractivity contribution in [3.05, 3.63) is 246 Å². The zero-order valence-corrected chi connectivity index (χ0v) is 35.9. The van der Waals surface area contributed by atoms with E-state index in [9.17, 15) is 10.5 Å². The fraction of sp³-hybridized carbons (Fsp3) is 0.0333. The summed E-state index contributed by atoms with van der Waals surface area (Å²) in [7, 11) is 0. The van der Waals surface area contributed by atoms with Crippen LogP contribution in [0.25, 0.3) is 38.6 Å². The zero-order valence-electron chi connectivity index (χ0n) is 35.9. The summed E-state index contributed by atoms with van der Waals surface area (Å²) in [5.74, 6) is 6.88. The van der Waals surface area contributed by atoms with E-state index in [1.165, 1.54) is 0 Å². The number of nitriles is 2. The van der Waals surface area contributed by atoms with Crippen LogP contribution in [0.3, 0.4) is 0 Å². The first kappa shape index (κ1) is 40.0. The minimum Gasteiger partial charge on any atom is -0.310 e. The Morgan fingerprint density at radius 1 is 0.400 bits per heavy atom. The van der Waals surface area contributed by atoms with E-state index in [1.807, 2.05) is 30.3 Å². The summed E-state index contributed by atoms with van der Waals surface area (Å²) in [5, 5.41) is 21.3. The second kappa shape index (κ2) is 17.4. The predicted molar refractivity (Wildman–Crippen MR) is 267 cm³/mol. The Hall–Kier alpha value is -9.08. The van der Waals surface area contributed by atoms with Crippen molar-refractivity contribution in [1.82, 2.24) is 4.57 Å². The number of hydrogen-bond donors (Lipinski definition) is 0. The third-order valence-corrected chi connectivity index (χ3v) is 11.9. The number of fused-ring (bicyclic) bond motifs is 3. The Morgan fingerprint density at radius 2 is 0.846 bits per heavy atom. The number of aryl methyl sites for hydroxylation is 2.